The molecule has 0 heterocycles. The minimum absolute atomic E-state index is 0.0497. The van der Waals surface area contributed by atoms with Crippen LogP contribution in [0.2, 0.25) is 0 Å². The molecule has 0 fully saturated rings. The fourth-order valence-electron chi connectivity index (χ4n) is 5.45. The van der Waals surface area contributed by atoms with Crippen molar-refractivity contribution >= 4 is 27.6 Å². The largest absolute Gasteiger partial charge is 0.472 e. The molecule has 16 heteroatoms. The molecule has 62 heavy (non-hydrogen) atoms. The third-order valence-electron chi connectivity index (χ3n) is 8.86. The van der Waals surface area contributed by atoms with Crippen LogP contribution >= 0.6 is 15.6 Å². The minimum Gasteiger partial charge on any atom is -0.462 e. The third kappa shape index (κ3) is 43.9. The zero-order valence-electron chi connectivity index (χ0n) is 37.3. The molecule has 0 aromatic heterocycles. The summed E-state index contributed by atoms with van der Waals surface area (Å²) in [4.78, 5) is 52.7. The van der Waals surface area contributed by atoms with Gasteiger partial charge in [-0.3, -0.25) is 23.2 Å². The predicted molar refractivity (Wildman–Crippen MR) is 245 cm³/mol. The van der Waals surface area contributed by atoms with Crippen LogP contribution in [0.3, 0.4) is 0 Å². The van der Waals surface area contributed by atoms with E-state index in [0.29, 0.717) is 19.3 Å². The van der Waals surface area contributed by atoms with Crippen molar-refractivity contribution in [3.8, 4) is 0 Å². The molecule has 0 aliphatic rings. The quantitative estimate of drug-likeness (QED) is 0.0127. The van der Waals surface area contributed by atoms with Crippen LogP contribution in [0.1, 0.15) is 149 Å². The third-order valence-corrected chi connectivity index (χ3v) is 10.3. The van der Waals surface area contributed by atoms with E-state index in [-0.39, 0.29) is 12.8 Å². The van der Waals surface area contributed by atoms with Gasteiger partial charge in [-0.25, -0.2) is 9.13 Å². The Bertz CT molecular complexity index is 1430. The standard InChI is InChI=1S/C46H78O14P2/c1-3-5-7-9-11-12-13-14-15-16-17-18-19-20-21-22-24-28-32-36-45(49)56-40-44(41-59-62(54,55)58-39-43(48)38-57-61(51,52)53)60-46(50)37-33-29-25-27-31-35-42(47)34-30-26-23-10-8-6-4-2/h6,8,11-12,14-15,17-18,20-21,23,26,30,34,42-44,47-48H,3-5,7,9-10,13,16,19,22,24-25,27-29,31-33,35-41H2,1-2H3,(H,54,55)(H2,51,52,53)/b8-6+,12-11-,15-14-,18-17-,21-20-,26-23+,34-30+/t42?,43-,44+/m0/s1. The molecule has 0 aromatic rings. The first kappa shape index (κ1) is 59.3. The lowest BCUT2D eigenvalue weighted by atomic mass is 10.1. The van der Waals surface area contributed by atoms with E-state index in [9.17, 15) is 33.8 Å². The molecule has 0 radical (unpaired) electrons. The van der Waals surface area contributed by atoms with E-state index in [1.165, 1.54) is 19.3 Å². The number of esters is 2. The van der Waals surface area contributed by atoms with Crippen LogP contribution in [0.25, 0.3) is 0 Å². The molecule has 0 amide bonds. The van der Waals surface area contributed by atoms with Crippen molar-refractivity contribution in [2.24, 2.45) is 0 Å². The van der Waals surface area contributed by atoms with E-state index < -0.39 is 72.3 Å². The highest BCUT2D eigenvalue weighted by molar-refractivity contribution is 7.47. The fourth-order valence-corrected chi connectivity index (χ4v) is 6.61. The van der Waals surface area contributed by atoms with Gasteiger partial charge in [0.25, 0.3) is 0 Å². The Morgan fingerprint density at radius 3 is 1.69 bits per heavy atom. The molecule has 0 bridgehead atoms. The number of allylic oxidation sites excluding steroid dienone is 13. The van der Waals surface area contributed by atoms with Crippen molar-refractivity contribution in [1.29, 1.82) is 0 Å². The second kappa shape index (κ2) is 41.0. The Morgan fingerprint density at radius 1 is 0.548 bits per heavy atom. The van der Waals surface area contributed by atoms with Crippen LogP contribution in [0, 0.1) is 0 Å². The Labute approximate surface area is 371 Å². The van der Waals surface area contributed by atoms with Gasteiger partial charge in [0, 0.05) is 12.8 Å². The van der Waals surface area contributed by atoms with E-state index in [0.717, 1.165) is 83.5 Å². The average molecular weight is 917 g/mol. The number of aliphatic hydroxyl groups is 2. The molecule has 0 aliphatic carbocycles. The average Bonchev–Trinajstić information content (AvgIpc) is 3.23. The number of unbranched alkanes of at least 4 members (excludes halogenated alkanes) is 10. The van der Waals surface area contributed by atoms with Crippen molar-refractivity contribution in [2.75, 3.05) is 26.4 Å². The maximum absolute atomic E-state index is 12.7. The van der Waals surface area contributed by atoms with Crippen LogP contribution in [-0.4, -0.2) is 81.6 Å². The molecule has 4 atom stereocenters. The normalized spacial score (nSPS) is 15.3. The maximum atomic E-state index is 12.7. The number of phosphoric ester groups is 2. The lowest BCUT2D eigenvalue weighted by Gasteiger charge is -2.20. The first-order valence-electron chi connectivity index (χ1n) is 22.4. The highest BCUT2D eigenvalue weighted by Gasteiger charge is 2.28. The van der Waals surface area contributed by atoms with Crippen LogP contribution < -0.4 is 0 Å². The molecule has 0 saturated heterocycles. The van der Waals surface area contributed by atoms with Crippen LogP contribution in [0.5, 0.6) is 0 Å². The molecule has 0 spiro atoms. The van der Waals surface area contributed by atoms with Gasteiger partial charge in [0.1, 0.15) is 12.7 Å². The highest BCUT2D eigenvalue weighted by atomic mass is 31.2. The summed E-state index contributed by atoms with van der Waals surface area (Å²) in [6, 6.07) is 0. The Morgan fingerprint density at radius 2 is 1.06 bits per heavy atom. The Balaban J connectivity index is 4.65. The van der Waals surface area contributed by atoms with Gasteiger partial charge < -0.3 is 34.4 Å². The molecule has 0 rings (SSSR count). The van der Waals surface area contributed by atoms with Crippen LogP contribution in [-0.2, 0) is 41.8 Å². The first-order chi connectivity index (χ1) is 29.8. The van der Waals surface area contributed by atoms with E-state index in [1.807, 2.05) is 18.2 Å². The number of ether oxygens (including phenoxy) is 2. The molecule has 0 aromatic carbocycles. The molecular weight excluding hydrogens is 838 g/mol. The second-order valence-electron chi connectivity index (χ2n) is 14.8. The molecule has 356 valence electrons. The number of carbonyl (C=O) groups is 2. The summed E-state index contributed by atoms with van der Waals surface area (Å²) in [6.45, 7) is 1.44. The van der Waals surface area contributed by atoms with Gasteiger partial charge in [0.2, 0.25) is 0 Å². The van der Waals surface area contributed by atoms with Crippen molar-refractivity contribution < 1.29 is 66.7 Å². The molecule has 0 aliphatic heterocycles. The number of rotatable bonds is 41. The van der Waals surface area contributed by atoms with Crippen molar-refractivity contribution in [3.05, 3.63) is 85.1 Å². The van der Waals surface area contributed by atoms with Gasteiger partial charge in [-0.15, -0.1) is 0 Å². The number of hydrogen-bond donors (Lipinski definition) is 5. The summed E-state index contributed by atoms with van der Waals surface area (Å²) in [7, 11) is -9.73. The summed E-state index contributed by atoms with van der Waals surface area (Å²) in [6.07, 6.45) is 43.0. The molecule has 2 unspecified atom stereocenters. The molecule has 14 nitrogen and oxygen atoms in total. The second-order valence-corrected chi connectivity index (χ2v) is 17.5. The molecule has 5 N–H and O–H groups in total. The fraction of sp³-hybridized carbons (Fsp3) is 0.652. The van der Waals surface area contributed by atoms with E-state index in [2.05, 4.69) is 83.7 Å². The maximum Gasteiger partial charge on any atom is 0.472 e. The van der Waals surface area contributed by atoms with Crippen molar-refractivity contribution in [2.45, 2.75) is 167 Å². The van der Waals surface area contributed by atoms with Crippen molar-refractivity contribution in [3.63, 3.8) is 0 Å². The summed E-state index contributed by atoms with van der Waals surface area (Å²) in [5.74, 6) is -1.15. The highest BCUT2D eigenvalue weighted by Crippen LogP contribution is 2.43. The summed E-state index contributed by atoms with van der Waals surface area (Å²) in [5, 5.41) is 19.9. The van der Waals surface area contributed by atoms with E-state index >= 15 is 0 Å². The Hall–Kier alpha value is -2.74. The minimum atomic E-state index is -4.88. The summed E-state index contributed by atoms with van der Waals surface area (Å²) < 4.78 is 47.7. The predicted octanol–water partition coefficient (Wildman–Crippen LogP) is 10.5. The number of hydrogen-bond acceptors (Lipinski definition) is 11. The summed E-state index contributed by atoms with van der Waals surface area (Å²) >= 11 is 0. The number of phosphoric acid groups is 2. The van der Waals surface area contributed by atoms with E-state index in [4.69, 9.17) is 23.8 Å². The molecule has 0 saturated carbocycles. The molecular formula is C46H78O14P2. The van der Waals surface area contributed by atoms with Crippen LogP contribution in [0.15, 0.2) is 85.1 Å². The van der Waals surface area contributed by atoms with Gasteiger partial charge in [-0.2, -0.15) is 0 Å². The zero-order chi connectivity index (χ0) is 46.0. The lowest BCUT2D eigenvalue weighted by Crippen LogP contribution is -2.30. The first-order valence-corrected chi connectivity index (χ1v) is 25.4. The van der Waals surface area contributed by atoms with Gasteiger partial charge >= 0.3 is 27.6 Å². The van der Waals surface area contributed by atoms with Gasteiger partial charge in [0.05, 0.1) is 25.9 Å². The van der Waals surface area contributed by atoms with Gasteiger partial charge in [-0.05, 0) is 77.0 Å². The smallest absolute Gasteiger partial charge is 0.462 e. The Kier molecular flexibility index (Phi) is 39.2. The lowest BCUT2D eigenvalue weighted by molar-refractivity contribution is -0.161. The van der Waals surface area contributed by atoms with Crippen molar-refractivity contribution in [1.82, 2.24) is 0 Å². The summed E-state index contributed by atoms with van der Waals surface area (Å²) in [5.41, 5.74) is 0. The topological polar surface area (TPSA) is 216 Å². The monoisotopic (exact) mass is 916 g/mol. The van der Waals surface area contributed by atoms with E-state index in [1.54, 1.807) is 6.08 Å². The zero-order valence-corrected chi connectivity index (χ0v) is 39.1. The van der Waals surface area contributed by atoms with Crippen LogP contribution in [0.4, 0.5) is 0 Å². The SMILES string of the molecule is CC/C=C/C/C=C/C=C/C(O)CCCCCCCC(=O)O[C@H](COC(=O)CCCCC/C=C\C/C=C\C/C=C\C/C=C\CCCCC)COP(=O)(O)OC[C@@H](O)COP(=O)(O)O. The number of carbonyl (C=O) groups excluding carboxylic acids is 2. The van der Waals surface area contributed by atoms with Gasteiger partial charge in [-0.1, -0.05) is 144 Å². The van der Waals surface area contributed by atoms with Gasteiger partial charge in [0.15, 0.2) is 6.10 Å². The number of aliphatic hydroxyl groups excluding tert-OH is 2.